The number of hydrogen-bond donors (Lipinski definition) is 0. The van der Waals surface area contributed by atoms with E-state index in [9.17, 15) is 18.0 Å². The summed E-state index contributed by atoms with van der Waals surface area (Å²) in [5.74, 6) is -0.520. The van der Waals surface area contributed by atoms with E-state index >= 15 is 0 Å². The summed E-state index contributed by atoms with van der Waals surface area (Å²) in [4.78, 5) is 17.5. The maximum atomic E-state index is 12.5. The van der Waals surface area contributed by atoms with Crippen molar-refractivity contribution in [3.8, 4) is 17.1 Å². The number of carbonyl (C=O) groups is 1. The fourth-order valence-electron chi connectivity index (χ4n) is 3.27. The monoisotopic (exact) mass is 381 g/mol. The Morgan fingerprint density at radius 1 is 1.19 bits per heavy atom. The summed E-state index contributed by atoms with van der Waals surface area (Å²) in [7, 11) is 0. The van der Waals surface area contributed by atoms with Gasteiger partial charge >= 0.3 is 12.1 Å². The standard InChI is InChI=1S/C18H18F3N3O3/c19-18(20,21)17-22-15(23-27-17)11-4-6-13(7-5-11)26-14-8-9-24(10-14)16(25)12-2-1-3-12/h4-7,12,14H,1-3,8-10H2. The minimum atomic E-state index is -4.67. The Morgan fingerprint density at radius 3 is 2.52 bits per heavy atom. The summed E-state index contributed by atoms with van der Waals surface area (Å²) >= 11 is 0. The number of alkyl halides is 3. The molecule has 2 aliphatic rings. The van der Waals surface area contributed by atoms with Crippen LogP contribution >= 0.6 is 0 Å². The van der Waals surface area contributed by atoms with Gasteiger partial charge in [0.2, 0.25) is 11.7 Å². The highest BCUT2D eigenvalue weighted by Gasteiger charge is 2.38. The topological polar surface area (TPSA) is 68.5 Å². The molecule has 0 bridgehead atoms. The normalized spacial score (nSPS) is 20.6. The Kier molecular flexibility index (Phi) is 4.53. The van der Waals surface area contributed by atoms with Crippen molar-refractivity contribution in [3.63, 3.8) is 0 Å². The zero-order chi connectivity index (χ0) is 19.0. The second kappa shape index (κ2) is 6.86. The van der Waals surface area contributed by atoms with Gasteiger partial charge < -0.3 is 14.2 Å². The Balaban J connectivity index is 1.36. The molecular weight excluding hydrogens is 363 g/mol. The molecule has 1 amide bonds. The van der Waals surface area contributed by atoms with Gasteiger partial charge in [0.1, 0.15) is 11.9 Å². The first-order chi connectivity index (χ1) is 12.9. The molecule has 1 atom stereocenters. The van der Waals surface area contributed by atoms with E-state index in [0.717, 1.165) is 25.7 Å². The predicted octanol–water partition coefficient (Wildman–Crippen LogP) is 3.54. The van der Waals surface area contributed by atoms with Crippen molar-refractivity contribution >= 4 is 5.91 Å². The summed E-state index contributed by atoms with van der Waals surface area (Å²) in [6.07, 6.45) is -0.897. The molecule has 2 fully saturated rings. The van der Waals surface area contributed by atoms with Crippen LogP contribution in [0.2, 0.25) is 0 Å². The predicted molar refractivity (Wildman–Crippen MR) is 87.7 cm³/mol. The SMILES string of the molecule is O=C(C1CCC1)N1CCC(Oc2ccc(-c3noc(C(F)(F)F)n3)cc2)C1. The van der Waals surface area contributed by atoms with Gasteiger partial charge in [0.25, 0.3) is 0 Å². The molecule has 1 saturated carbocycles. The van der Waals surface area contributed by atoms with E-state index < -0.39 is 12.1 Å². The third-order valence-corrected chi connectivity index (χ3v) is 4.99. The number of hydrogen-bond acceptors (Lipinski definition) is 5. The minimum Gasteiger partial charge on any atom is -0.489 e. The van der Waals surface area contributed by atoms with Gasteiger partial charge in [-0.1, -0.05) is 11.6 Å². The van der Waals surface area contributed by atoms with Crippen LogP contribution in [0.15, 0.2) is 28.8 Å². The molecule has 1 unspecified atom stereocenters. The number of benzene rings is 1. The van der Waals surface area contributed by atoms with Crippen LogP contribution in [-0.2, 0) is 11.0 Å². The molecule has 0 N–H and O–H groups in total. The van der Waals surface area contributed by atoms with Crippen molar-refractivity contribution in [2.24, 2.45) is 5.92 Å². The maximum Gasteiger partial charge on any atom is 0.471 e. The summed E-state index contributed by atoms with van der Waals surface area (Å²) < 4.78 is 47.7. The summed E-state index contributed by atoms with van der Waals surface area (Å²) in [6, 6.07) is 6.45. The van der Waals surface area contributed by atoms with Crippen LogP contribution < -0.4 is 4.74 Å². The van der Waals surface area contributed by atoms with Crippen LogP contribution in [0.25, 0.3) is 11.4 Å². The number of amides is 1. The Hall–Kier alpha value is -2.58. The lowest BCUT2D eigenvalue weighted by Gasteiger charge is -2.29. The smallest absolute Gasteiger partial charge is 0.471 e. The third kappa shape index (κ3) is 3.77. The Morgan fingerprint density at radius 2 is 1.93 bits per heavy atom. The molecule has 6 nitrogen and oxygen atoms in total. The zero-order valence-corrected chi connectivity index (χ0v) is 14.4. The van der Waals surface area contributed by atoms with E-state index in [2.05, 4.69) is 14.7 Å². The van der Waals surface area contributed by atoms with Gasteiger partial charge in [0.05, 0.1) is 6.54 Å². The molecule has 1 aliphatic carbocycles. The first-order valence-corrected chi connectivity index (χ1v) is 8.87. The minimum absolute atomic E-state index is 0.0816. The average Bonchev–Trinajstić information content (AvgIpc) is 3.23. The number of carbonyl (C=O) groups excluding carboxylic acids is 1. The molecule has 0 spiro atoms. The van der Waals surface area contributed by atoms with Gasteiger partial charge in [-0.25, -0.2) is 0 Å². The lowest BCUT2D eigenvalue weighted by Crippen LogP contribution is -2.38. The van der Waals surface area contributed by atoms with Crippen molar-refractivity contribution < 1.29 is 27.2 Å². The number of ether oxygens (including phenoxy) is 1. The van der Waals surface area contributed by atoms with Crippen molar-refractivity contribution in [3.05, 3.63) is 30.2 Å². The molecule has 144 valence electrons. The maximum absolute atomic E-state index is 12.5. The third-order valence-electron chi connectivity index (χ3n) is 4.99. The number of rotatable bonds is 4. The van der Waals surface area contributed by atoms with Gasteiger partial charge in [-0.05, 0) is 37.1 Å². The second-order valence-corrected chi connectivity index (χ2v) is 6.89. The number of halogens is 3. The average molecular weight is 381 g/mol. The van der Waals surface area contributed by atoms with Crippen LogP contribution in [0.5, 0.6) is 5.75 Å². The van der Waals surface area contributed by atoms with Gasteiger partial charge in [0, 0.05) is 24.4 Å². The lowest BCUT2D eigenvalue weighted by atomic mass is 9.84. The summed E-state index contributed by atoms with van der Waals surface area (Å²) in [5, 5.41) is 3.35. The Bertz CT molecular complexity index is 815. The first-order valence-electron chi connectivity index (χ1n) is 8.87. The molecule has 0 radical (unpaired) electrons. The molecule has 2 heterocycles. The molecule has 4 rings (SSSR count). The van der Waals surface area contributed by atoms with E-state index in [1.165, 1.54) is 0 Å². The summed E-state index contributed by atoms with van der Waals surface area (Å²) in [5.41, 5.74) is 0.398. The molecule has 1 aliphatic heterocycles. The largest absolute Gasteiger partial charge is 0.489 e. The highest BCUT2D eigenvalue weighted by atomic mass is 19.4. The quantitative estimate of drug-likeness (QED) is 0.810. The van der Waals surface area contributed by atoms with Crippen molar-refractivity contribution in [1.82, 2.24) is 15.0 Å². The van der Waals surface area contributed by atoms with Crippen LogP contribution in [0.4, 0.5) is 13.2 Å². The molecule has 1 saturated heterocycles. The van der Waals surface area contributed by atoms with E-state index in [0.29, 0.717) is 24.4 Å². The summed E-state index contributed by atoms with van der Waals surface area (Å²) in [6.45, 7) is 1.26. The van der Waals surface area contributed by atoms with Gasteiger partial charge in [-0.15, -0.1) is 0 Å². The molecule has 27 heavy (non-hydrogen) atoms. The lowest BCUT2D eigenvalue weighted by molar-refractivity contribution is -0.159. The molecule has 2 aromatic rings. The van der Waals surface area contributed by atoms with E-state index in [-0.39, 0.29) is 23.8 Å². The first kappa shape index (κ1) is 17.8. The zero-order valence-electron chi connectivity index (χ0n) is 14.4. The van der Waals surface area contributed by atoms with Gasteiger partial charge in [-0.3, -0.25) is 4.79 Å². The molecule has 1 aromatic carbocycles. The van der Waals surface area contributed by atoms with Crippen molar-refractivity contribution in [2.75, 3.05) is 13.1 Å². The van der Waals surface area contributed by atoms with Gasteiger partial charge in [-0.2, -0.15) is 18.2 Å². The van der Waals surface area contributed by atoms with E-state index in [1.807, 2.05) is 4.90 Å². The van der Waals surface area contributed by atoms with E-state index in [1.54, 1.807) is 24.3 Å². The fraction of sp³-hybridized carbons (Fsp3) is 0.500. The van der Waals surface area contributed by atoms with E-state index in [4.69, 9.17) is 4.74 Å². The Labute approximate surface area is 153 Å². The molecule has 1 aromatic heterocycles. The van der Waals surface area contributed by atoms with Gasteiger partial charge in [0.15, 0.2) is 0 Å². The number of aromatic nitrogens is 2. The number of likely N-dealkylation sites (tertiary alicyclic amines) is 1. The molecule has 9 heteroatoms. The number of nitrogens with zero attached hydrogens (tertiary/aromatic N) is 3. The highest BCUT2D eigenvalue weighted by molar-refractivity contribution is 5.79. The van der Waals surface area contributed by atoms with Crippen molar-refractivity contribution in [1.29, 1.82) is 0 Å². The van der Waals surface area contributed by atoms with Crippen LogP contribution in [-0.4, -0.2) is 40.1 Å². The van der Waals surface area contributed by atoms with Crippen LogP contribution in [0.3, 0.4) is 0 Å². The highest BCUT2D eigenvalue weighted by Crippen LogP contribution is 2.31. The van der Waals surface area contributed by atoms with Crippen LogP contribution in [0.1, 0.15) is 31.6 Å². The van der Waals surface area contributed by atoms with Crippen LogP contribution in [0, 0.1) is 5.92 Å². The fourth-order valence-corrected chi connectivity index (χ4v) is 3.27. The van der Waals surface area contributed by atoms with Crippen molar-refractivity contribution in [2.45, 2.75) is 38.0 Å². The second-order valence-electron chi connectivity index (χ2n) is 6.89. The molecular formula is C18H18F3N3O3.